The highest BCUT2D eigenvalue weighted by Gasteiger charge is 2.04. The average molecular weight is 244 g/mol. The zero-order valence-electron chi connectivity index (χ0n) is 9.11. The number of thiol groups is 1. The van der Waals surface area contributed by atoms with E-state index in [0.717, 1.165) is 16.7 Å². The van der Waals surface area contributed by atoms with Crippen molar-refractivity contribution >= 4 is 16.3 Å². The van der Waals surface area contributed by atoms with Crippen LogP contribution in [0.15, 0.2) is 66.1 Å². The summed E-state index contributed by atoms with van der Waals surface area (Å²) in [4.78, 5) is 0. The molecule has 0 aliphatic heterocycles. The Morgan fingerprint density at radius 1 is 0.765 bits per heavy atom. The van der Waals surface area contributed by atoms with E-state index in [1.165, 1.54) is 5.41 Å². The third-order valence-corrected chi connectivity index (χ3v) is 2.87. The van der Waals surface area contributed by atoms with Gasteiger partial charge in [0, 0.05) is 5.41 Å². The van der Waals surface area contributed by atoms with E-state index in [1.54, 1.807) is 0 Å². The van der Waals surface area contributed by atoms with Crippen molar-refractivity contribution in [3.8, 4) is 0 Å². The van der Waals surface area contributed by atoms with Crippen molar-refractivity contribution < 1.29 is 8.42 Å². The maximum Gasteiger partial charge on any atom is 0.162 e. The predicted molar refractivity (Wildman–Crippen MR) is 70.3 cm³/mol. The predicted octanol–water partition coefficient (Wildman–Crippen LogP) is 2.69. The van der Waals surface area contributed by atoms with Gasteiger partial charge in [-0.3, -0.25) is 0 Å². The van der Waals surface area contributed by atoms with E-state index >= 15 is 0 Å². The van der Waals surface area contributed by atoms with Crippen LogP contribution in [0.1, 0.15) is 11.1 Å². The Morgan fingerprint density at radius 3 is 1.53 bits per heavy atom. The Hall–Kier alpha value is -1.87. The van der Waals surface area contributed by atoms with Crippen molar-refractivity contribution in [3.05, 3.63) is 77.2 Å². The maximum atomic E-state index is 10.9. The van der Waals surface area contributed by atoms with Gasteiger partial charge >= 0.3 is 0 Å². The fourth-order valence-corrected chi connectivity index (χ4v) is 2.17. The van der Waals surface area contributed by atoms with E-state index in [0.29, 0.717) is 0 Å². The van der Waals surface area contributed by atoms with E-state index in [1.807, 2.05) is 60.7 Å². The fraction of sp³-hybridized carbons (Fsp3) is 0. The average Bonchev–Trinajstić information content (AvgIpc) is 2.38. The molecule has 0 aliphatic rings. The molecular weight excluding hydrogens is 232 g/mol. The molecule has 0 radical (unpaired) electrons. The van der Waals surface area contributed by atoms with Crippen LogP contribution in [0, 0.1) is 0 Å². The highest BCUT2D eigenvalue weighted by molar-refractivity contribution is 7.75. The van der Waals surface area contributed by atoms with Crippen LogP contribution in [-0.2, 0) is 10.7 Å². The monoisotopic (exact) mass is 244 g/mol. The van der Waals surface area contributed by atoms with E-state index in [9.17, 15) is 8.42 Å². The van der Waals surface area contributed by atoms with Gasteiger partial charge in [-0.05, 0) is 16.7 Å². The summed E-state index contributed by atoms with van der Waals surface area (Å²) in [7, 11) is -2.55. The summed E-state index contributed by atoms with van der Waals surface area (Å²) in [5.41, 5.74) is 2.53. The van der Waals surface area contributed by atoms with Gasteiger partial charge in [0.05, 0.1) is 0 Å². The van der Waals surface area contributed by atoms with Gasteiger partial charge < -0.3 is 0 Å². The molecule has 0 heterocycles. The third kappa shape index (κ3) is 3.04. The number of hydrogen-bond acceptors (Lipinski definition) is 2. The van der Waals surface area contributed by atoms with Gasteiger partial charge in [-0.25, -0.2) is 8.42 Å². The third-order valence-electron chi connectivity index (χ3n) is 2.40. The molecule has 0 N–H and O–H groups in total. The summed E-state index contributed by atoms with van der Waals surface area (Å²) in [6, 6.07) is 19.0. The summed E-state index contributed by atoms with van der Waals surface area (Å²) in [5.74, 6) is 0. The summed E-state index contributed by atoms with van der Waals surface area (Å²) in [5, 5.41) is 1.28. The molecule has 0 aromatic heterocycles. The number of benzene rings is 2. The highest BCUT2D eigenvalue weighted by Crippen LogP contribution is 2.22. The Labute approximate surface area is 102 Å². The van der Waals surface area contributed by atoms with Gasteiger partial charge in [-0.2, -0.15) is 0 Å². The molecule has 2 nitrogen and oxygen atoms in total. The first kappa shape index (κ1) is 11.6. The number of rotatable bonds is 3. The smallest absolute Gasteiger partial charge is 0.162 e. The minimum absolute atomic E-state index is 0.724. The first-order chi connectivity index (χ1) is 8.27. The van der Waals surface area contributed by atoms with Crippen molar-refractivity contribution in [1.82, 2.24) is 0 Å². The van der Waals surface area contributed by atoms with Crippen LogP contribution in [0.4, 0.5) is 0 Å². The molecule has 0 unspecified atom stereocenters. The molecule has 0 bridgehead atoms. The summed E-state index contributed by atoms with van der Waals surface area (Å²) in [6.45, 7) is 0. The molecular formula is C14H12O2S. The van der Waals surface area contributed by atoms with Crippen molar-refractivity contribution in [1.29, 1.82) is 0 Å². The van der Waals surface area contributed by atoms with Gasteiger partial charge in [0.2, 0.25) is 0 Å². The normalized spacial score (nSPS) is 10.2. The van der Waals surface area contributed by atoms with Crippen LogP contribution in [0.25, 0.3) is 5.57 Å². The van der Waals surface area contributed by atoms with Crippen molar-refractivity contribution in [2.45, 2.75) is 0 Å². The van der Waals surface area contributed by atoms with E-state index in [2.05, 4.69) is 0 Å². The molecule has 17 heavy (non-hydrogen) atoms. The molecule has 2 aromatic rings. The molecule has 2 rings (SSSR count). The van der Waals surface area contributed by atoms with Crippen LogP contribution < -0.4 is 0 Å². The zero-order chi connectivity index (χ0) is 12.1. The first-order valence-electron chi connectivity index (χ1n) is 5.23. The summed E-state index contributed by atoms with van der Waals surface area (Å²) < 4.78 is 21.8. The minimum Gasteiger partial charge on any atom is -0.227 e. The second-order valence-electron chi connectivity index (χ2n) is 3.56. The largest absolute Gasteiger partial charge is 0.227 e. The molecule has 0 amide bonds. The molecule has 3 heteroatoms. The van der Waals surface area contributed by atoms with Crippen LogP contribution in [0.2, 0.25) is 0 Å². The maximum absolute atomic E-state index is 10.9. The first-order valence-corrected chi connectivity index (χ1v) is 6.48. The molecule has 0 spiro atoms. The van der Waals surface area contributed by atoms with Crippen molar-refractivity contribution in [3.63, 3.8) is 0 Å². The van der Waals surface area contributed by atoms with Gasteiger partial charge in [0.1, 0.15) is 0 Å². The molecule has 0 aliphatic carbocycles. The summed E-state index contributed by atoms with van der Waals surface area (Å²) in [6.07, 6.45) is 0. The molecule has 0 atom stereocenters. The quantitative estimate of drug-likeness (QED) is 0.842. The molecule has 0 fully saturated rings. The van der Waals surface area contributed by atoms with Crippen LogP contribution in [0.5, 0.6) is 0 Å². The van der Waals surface area contributed by atoms with E-state index in [-0.39, 0.29) is 0 Å². The molecule has 2 aromatic carbocycles. The van der Waals surface area contributed by atoms with Gasteiger partial charge in [-0.1, -0.05) is 60.7 Å². The Kier molecular flexibility index (Phi) is 3.73. The Balaban J connectivity index is 2.55. The van der Waals surface area contributed by atoms with E-state index < -0.39 is 10.7 Å². The second kappa shape index (κ2) is 5.46. The molecule has 86 valence electrons. The van der Waals surface area contributed by atoms with Crippen LogP contribution in [-0.4, -0.2) is 8.42 Å². The highest BCUT2D eigenvalue weighted by atomic mass is 32.2. The SMILES string of the molecule is O=[SH](=O)C=C(c1ccccc1)c1ccccc1. The zero-order valence-corrected chi connectivity index (χ0v) is 10.0. The minimum atomic E-state index is -2.55. The van der Waals surface area contributed by atoms with Gasteiger partial charge in [0.15, 0.2) is 10.7 Å². The lowest BCUT2D eigenvalue weighted by Gasteiger charge is -2.06. The lowest BCUT2D eigenvalue weighted by atomic mass is 10.00. The topological polar surface area (TPSA) is 34.1 Å². The van der Waals surface area contributed by atoms with Crippen LogP contribution in [0.3, 0.4) is 0 Å². The van der Waals surface area contributed by atoms with Crippen LogP contribution >= 0.6 is 0 Å². The Morgan fingerprint density at radius 2 is 1.18 bits per heavy atom. The number of hydrogen-bond donors (Lipinski definition) is 1. The standard InChI is InChI=1S/C14H12O2S/c15-17(16)11-14(12-7-3-1-4-8-12)13-9-5-2-6-10-13/h1-11,17H. The van der Waals surface area contributed by atoms with Gasteiger partial charge in [0.25, 0.3) is 0 Å². The van der Waals surface area contributed by atoms with Crippen molar-refractivity contribution in [2.75, 3.05) is 0 Å². The molecule has 0 saturated heterocycles. The van der Waals surface area contributed by atoms with Gasteiger partial charge in [-0.15, -0.1) is 0 Å². The summed E-state index contributed by atoms with van der Waals surface area (Å²) >= 11 is 0. The lowest BCUT2D eigenvalue weighted by molar-refractivity contribution is 0.622. The van der Waals surface area contributed by atoms with E-state index in [4.69, 9.17) is 0 Å². The lowest BCUT2D eigenvalue weighted by Crippen LogP contribution is -1.88. The van der Waals surface area contributed by atoms with Crippen molar-refractivity contribution in [2.24, 2.45) is 0 Å². The molecule has 0 saturated carbocycles. The Bertz CT molecular complexity index is 535. The second-order valence-corrected chi connectivity index (χ2v) is 4.39. The fourth-order valence-electron chi connectivity index (χ4n) is 1.66.